The third-order valence-electron chi connectivity index (χ3n) is 4.43. The van der Waals surface area contributed by atoms with E-state index in [0.29, 0.717) is 24.5 Å². The van der Waals surface area contributed by atoms with E-state index in [2.05, 4.69) is 17.4 Å². The fraction of sp³-hybridized carbons (Fsp3) is 0.208. The molecule has 0 saturated heterocycles. The number of hydrogen-bond donors (Lipinski definition) is 1. The summed E-state index contributed by atoms with van der Waals surface area (Å²) in [4.78, 5) is 12.2. The Morgan fingerprint density at radius 1 is 0.929 bits per heavy atom. The van der Waals surface area contributed by atoms with Crippen molar-refractivity contribution in [3.63, 3.8) is 0 Å². The summed E-state index contributed by atoms with van der Waals surface area (Å²) >= 11 is 0. The van der Waals surface area contributed by atoms with Gasteiger partial charge < -0.3 is 14.8 Å². The van der Waals surface area contributed by atoms with Crippen LogP contribution in [0.2, 0.25) is 0 Å². The number of methoxy groups -OCH3 is 1. The minimum absolute atomic E-state index is 0.0852. The van der Waals surface area contributed by atoms with Gasteiger partial charge in [0.1, 0.15) is 18.1 Å². The molecule has 1 N–H and O–H groups in total. The molecule has 0 radical (unpaired) electrons. The van der Waals surface area contributed by atoms with Crippen LogP contribution in [0.1, 0.15) is 29.3 Å². The standard InChI is InChI=1S/C24H25NO3/c1-3-15-25-24(26)20-11-14-23(27-2)21(16-20)17-28-22-12-9-19(10-13-22)18-7-5-4-6-8-18/h4-14,16H,3,15,17H2,1-2H3,(H,25,26). The summed E-state index contributed by atoms with van der Waals surface area (Å²) in [6.45, 7) is 3.00. The van der Waals surface area contributed by atoms with E-state index in [4.69, 9.17) is 9.47 Å². The fourth-order valence-electron chi connectivity index (χ4n) is 2.91. The van der Waals surface area contributed by atoms with Gasteiger partial charge in [-0.2, -0.15) is 0 Å². The Morgan fingerprint density at radius 3 is 2.32 bits per heavy atom. The summed E-state index contributed by atoms with van der Waals surface area (Å²) in [5.41, 5.74) is 3.74. The van der Waals surface area contributed by atoms with E-state index in [1.807, 2.05) is 55.5 Å². The highest BCUT2D eigenvalue weighted by molar-refractivity contribution is 5.94. The Hall–Kier alpha value is -3.27. The largest absolute Gasteiger partial charge is 0.496 e. The summed E-state index contributed by atoms with van der Waals surface area (Å²) in [6, 6.07) is 23.6. The molecule has 0 spiro atoms. The first kappa shape index (κ1) is 19.5. The number of ether oxygens (including phenoxy) is 2. The van der Waals surface area contributed by atoms with Crippen molar-refractivity contribution in [2.24, 2.45) is 0 Å². The average Bonchev–Trinajstić information content (AvgIpc) is 2.76. The van der Waals surface area contributed by atoms with Crippen molar-refractivity contribution >= 4 is 5.91 Å². The highest BCUT2D eigenvalue weighted by Crippen LogP contribution is 2.25. The summed E-state index contributed by atoms with van der Waals surface area (Å²) in [5.74, 6) is 1.38. The molecule has 3 rings (SSSR count). The van der Waals surface area contributed by atoms with Gasteiger partial charge in [0.2, 0.25) is 0 Å². The topological polar surface area (TPSA) is 47.6 Å². The van der Waals surface area contributed by atoms with Gasteiger partial charge in [0, 0.05) is 17.7 Å². The van der Waals surface area contributed by atoms with Crippen LogP contribution in [0.3, 0.4) is 0 Å². The summed E-state index contributed by atoms with van der Waals surface area (Å²) in [5, 5.41) is 2.89. The maximum absolute atomic E-state index is 12.2. The van der Waals surface area contributed by atoms with Crippen molar-refractivity contribution < 1.29 is 14.3 Å². The van der Waals surface area contributed by atoms with Crippen molar-refractivity contribution in [2.75, 3.05) is 13.7 Å². The molecule has 0 aromatic heterocycles. The molecule has 4 nitrogen and oxygen atoms in total. The third kappa shape index (κ3) is 4.92. The summed E-state index contributed by atoms with van der Waals surface area (Å²) in [6.07, 6.45) is 0.900. The van der Waals surface area contributed by atoms with Gasteiger partial charge in [-0.3, -0.25) is 4.79 Å². The molecule has 0 aliphatic carbocycles. The van der Waals surface area contributed by atoms with Crippen molar-refractivity contribution in [3.8, 4) is 22.6 Å². The van der Waals surface area contributed by atoms with E-state index in [9.17, 15) is 4.79 Å². The molecule has 0 fully saturated rings. The number of carbonyl (C=O) groups is 1. The number of benzene rings is 3. The molecule has 0 bridgehead atoms. The van der Waals surface area contributed by atoms with Gasteiger partial charge in [-0.25, -0.2) is 0 Å². The van der Waals surface area contributed by atoms with Crippen molar-refractivity contribution in [2.45, 2.75) is 20.0 Å². The highest BCUT2D eigenvalue weighted by atomic mass is 16.5. The molecule has 144 valence electrons. The van der Waals surface area contributed by atoms with Crippen LogP contribution in [-0.4, -0.2) is 19.6 Å². The molecule has 0 aliphatic rings. The first-order valence-electron chi connectivity index (χ1n) is 9.44. The van der Waals surface area contributed by atoms with Gasteiger partial charge in [-0.15, -0.1) is 0 Å². The van der Waals surface area contributed by atoms with Crippen LogP contribution in [-0.2, 0) is 6.61 Å². The van der Waals surface area contributed by atoms with Crippen LogP contribution in [0.4, 0.5) is 0 Å². The van der Waals surface area contributed by atoms with E-state index < -0.39 is 0 Å². The molecule has 0 aliphatic heterocycles. The molecule has 1 amide bonds. The van der Waals surface area contributed by atoms with Gasteiger partial charge >= 0.3 is 0 Å². The van der Waals surface area contributed by atoms with Gasteiger partial charge in [-0.1, -0.05) is 49.4 Å². The number of nitrogens with one attached hydrogen (secondary N) is 1. The van der Waals surface area contributed by atoms with E-state index in [1.54, 1.807) is 19.2 Å². The third-order valence-corrected chi connectivity index (χ3v) is 4.43. The Bertz CT molecular complexity index is 905. The molecule has 0 atom stereocenters. The predicted molar refractivity (Wildman–Crippen MR) is 112 cm³/mol. The molecular weight excluding hydrogens is 350 g/mol. The molecule has 0 heterocycles. The molecule has 0 saturated carbocycles. The Kier molecular flexibility index (Phi) is 6.68. The number of amides is 1. The van der Waals surface area contributed by atoms with Crippen LogP contribution in [0, 0.1) is 0 Å². The number of hydrogen-bond acceptors (Lipinski definition) is 3. The molecule has 28 heavy (non-hydrogen) atoms. The Morgan fingerprint density at radius 2 is 1.64 bits per heavy atom. The second kappa shape index (κ2) is 9.60. The van der Waals surface area contributed by atoms with E-state index in [-0.39, 0.29) is 5.91 Å². The van der Waals surface area contributed by atoms with Crippen molar-refractivity contribution in [1.29, 1.82) is 0 Å². The number of carbonyl (C=O) groups excluding carboxylic acids is 1. The zero-order valence-electron chi connectivity index (χ0n) is 16.3. The van der Waals surface area contributed by atoms with Crippen LogP contribution < -0.4 is 14.8 Å². The normalized spacial score (nSPS) is 10.4. The lowest BCUT2D eigenvalue weighted by Gasteiger charge is -2.13. The lowest BCUT2D eigenvalue weighted by Crippen LogP contribution is -2.24. The summed E-state index contributed by atoms with van der Waals surface area (Å²) < 4.78 is 11.3. The molecular formula is C24H25NO3. The molecule has 0 unspecified atom stereocenters. The average molecular weight is 375 g/mol. The lowest BCUT2D eigenvalue weighted by atomic mass is 10.1. The maximum atomic E-state index is 12.2. The van der Waals surface area contributed by atoms with Crippen molar-refractivity contribution in [1.82, 2.24) is 5.32 Å². The maximum Gasteiger partial charge on any atom is 0.251 e. The monoisotopic (exact) mass is 375 g/mol. The van der Waals surface area contributed by atoms with E-state index in [0.717, 1.165) is 23.3 Å². The van der Waals surface area contributed by atoms with E-state index in [1.165, 1.54) is 5.56 Å². The van der Waals surface area contributed by atoms with Crippen molar-refractivity contribution in [3.05, 3.63) is 83.9 Å². The Labute approximate surface area is 166 Å². The van der Waals surface area contributed by atoms with Crippen LogP contribution >= 0.6 is 0 Å². The molecule has 3 aromatic rings. The SMILES string of the molecule is CCCNC(=O)c1ccc(OC)c(COc2ccc(-c3ccccc3)cc2)c1. The second-order valence-corrected chi connectivity index (χ2v) is 6.46. The highest BCUT2D eigenvalue weighted by Gasteiger charge is 2.11. The number of rotatable bonds is 8. The molecule has 4 heteroatoms. The van der Waals surface area contributed by atoms with Gasteiger partial charge in [0.25, 0.3) is 5.91 Å². The van der Waals surface area contributed by atoms with Gasteiger partial charge in [0.15, 0.2) is 0 Å². The smallest absolute Gasteiger partial charge is 0.251 e. The van der Waals surface area contributed by atoms with Crippen LogP contribution in [0.25, 0.3) is 11.1 Å². The van der Waals surface area contributed by atoms with Gasteiger partial charge in [-0.05, 0) is 47.9 Å². The second-order valence-electron chi connectivity index (χ2n) is 6.46. The summed E-state index contributed by atoms with van der Waals surface area (Å²) in [7, 11) is 1.62. The van der Waals surface area contributed by atoms with Gasteiger partial charge in [0.05, 0.1) is 7.11 Å². The zero-order chi connectivity index (χ0) is 19.8. The fourth-order valence-corrected chi connectivity index (χ4v) is 2.91. The zero-order valence-corrected chi connectivity index (χ0v) is 16.3. The van der Waals surface area contributed by atoms with Crippen LogP contribution in [0.15, 0.2) is 72.8 Å². The predicted octanol–water partition coefficient (Wildman–Crippen LogP) is 5.08. The minimum atomic E-state index is -0.0852. The first-order valence-corrected chi connectivity index (χ1v) is 9.44. The first-order chi connectivity index (χ1) is 13.7. The van der Waals surface area contributed by atoms with Crippen LogP contribution in [0.5, 0.6) is 11.5 Å². The van der Waals surface area contributed by atoms with E-state index >= 15 is 0 Å². The quantitative estimate of drug-likeness (QED) is 0.597. The lowest BCUT2D eigenvalue weighted by molar-refractivity contribution is 0.0953. The Balaban J connectivity index is 1.70. The minimum Gasteiger partial charge on any atom is -0.496 e. The molecule has 3 aromatic carbocycles.